The lowest BCUT2D eigenvalue weighted by molar-refractivity contribution is -0.127. The Hall–Kier alpha value is -1.13. The first-order chi connectivity index (χ1) is 8.66. The van der Waals surface area contributed by atoms with Crippen molar-refractivity contribution >= 4 is 27.9 Å². The topological polar surface area (TPSA) is 23.6 Å². The number of carbonyl (C=O) groups is 1. The van der Waals surface area contributed by atoms with Gasteiger partial charge in [-0.15, -0.1) is 0 Å². The van der Waals surface area contributed by atoms with Crippen LogP contribution in [0.15, 0.2) is 34.8 Å². The van der Waals surface area contributed by atoms with Crippen molar-refractivity contribution in [1.29, 1.82) is 0 Å². The molecule has 1 heterocycles. The van der Waals surface area contributed by atoms with Crippen LogP contribution in [0.3, 0.4) is 0 Å². The molecule has 0 unspecified atom stereocenters. The second kappa shape index (κ2) is 6.16. The highest BCUT2D eigenvalue weighted by atomic mass is 79.9. The number of amides is 1. The van der Waals surface area contributed by atoms with E-state index < -0.39 is 0 Å². The van der Waals surface area contributed by atoms with Crippen LogP contribution in [0.4, 0.5) is 0 Å². The largest absolute Gasteiger partial charge is 0.337 e. The normalized spacial score (nSPS) is 17.3. The third kappa shape index (κ3) is 3.43. The van der Waals surface area contributed by atoms with Crippen LogP contribution in [0.2, 0.25) is 0 Å². The van der Waals surface area contributed by atoms with Crippen molar-refractivity contribution in [2.75, 3.05) is 33.2 Å². The average Bonchev–Trinajstić information content (AvgIpc) is 2.38. The average molecular weight is 309 g/mol. The van der Waals surface area contributed by atoms with Crippen LogP contribution in [-0.2, 0) is 4.79 Å². The van der Waals surface area contributed by atoms with Gasteiger partial charge < -0.3 is 9.80 Å². The van der Waals surface area contributed by atoms with Crippen LogP contribution >= 0.6 is 15.9 Å². The number of halogens is 1. The minimum Gasteiger partial charge on any atom is -0.337 e. The maximum absolute atomic E-state index is 12.0. The summed E-state index contributed by atoms with van der Waals surface area (Å²) in [5.74, 6) is 0.0962. The van der Waals surface area contributed by atoms with Gasteiger partial charge in [0.05, 0.1) is 0 Å². The van der Waals surface area contributed by atoms with E-state index in [2.05, 4.69) is 27.9 Å². The summed E-state index contributed by atoms with van der Waals surface area (Å²) < 4.78 is 1.01. The predicted octanol–water partition coefficient (Wildman–Crippen LogP) is 2.24. The van der Waals surface area contributed by atoms with Crippen LogP contribution in [0.5, 0.6) is 0 Å². The molecule has 1 aliphatic rings. The third-order valence-corrected chi connectivity index (χ3v) is 3.85. The van der Waals surface area contributed by atoms with Gasteiger partial charge in [-0.2, -0.15) is 0 Å². The molecule has 0 saturated carbocycles. The molecule has 3 nitrogen and oxygen atoms in total. The summed E-state index contributed by atoms with van der Waals surface area (Å²) in [5.41, 5.74) is 1.03. The molecule has 4 heteroatoms. The van der Waals surface area contributed by atoms with E-state index in [0.29, 0.717) is 0 Å². The van der Waals surface area contributed by atoms with E-state index in [-0.39, 0.29) is 5.91 Å². The van der Waals surface area contributed by atoms with Crippen LogP contribution in [0.25, 0.3) is 6.08 Å². The highest BCUT2D eigenvalue weighted by Crippen LogP contribution is 2.17. The molecule has 18 heavy (non-hydrogen) atoms. The molecule has 1 fully saturated rings. The standard InChI is InChI=1S/C14H17BrN2O/c1-16-8-10-17(11-9-16)14(18)7-6-12-4-2-3-5-13(12)15/h2-7H,8-11H2,1H3/b7-6-. The highest BCUT2D eigenvalue weighted by molar-refractivity contribution is 9.10. The number of likely N-dealkylation sites (N-methyl/N-ethyl adjacent to an activating group) is 1. The van der Waals surface area contributed by atoms with E-state index in [0.717, 1.165) is 36.2 Å². The summed E-state index contributed by atoms with van der Waals surface area (Å²) >= 11 is 3.47. The molecule has 1 aliphatic heterocycles. The minimum absolute atomic E-state index is 0.0962. The lowest BCUT2D eigenvalue weighted by Gasteiger charge is -2.31. The van der Waals surface area contributed by atoms with Crippen LogP contribution in [0.1, 0.15) is 5.56 Å². The highest BCUT2D eigenvalue weighted by Gasteiger charge is 2.16. The molecular weight excluding hydrogens is 292 g/mol. The molecule has 0 N–H and O–H groups in total. The van der Waals surface area contributed by atoms with Crippen molar-refractivity contribution in [3.8, 4) is 0 Å². The van der Waals surface area contributed by atoms with E-state index in [9.17, 15) is 4.79 Å². The van der Waals surface area contributed by atoms with Gasteiger partial charge in [-0.3, -0.25) is 4.79 Å². The van der Waals surface area contributed by atoms with E-state index in [1.165, 1.54) is 0 Å². The molecule has 1 aromatic rings. The van der Waals surface area contributed by atoms with Gasteiger partial charge in [-0.25, -0.2) is 0 Å². The first-order valence-electron chi connectivity index (χ1n) is 6.07. The number of rotatable bonds is 2. The first-order valence-corrected chi connectivity index (χ1v) is 6.86. The zero-order chi connectivity index (χ0) is 13.0. The second-order valence-electron chi connectivity index (χ2n) is 4.48. The van der Waals surface area contributed by atoms with Crippen molar-refractivity contribution in [3.63, 3.8) is 0 Å². The predicted molar refractivity (Wildman–Crippen MR) is 77.3 cm³/mol. The molecule has 0 bridgehead atoms. The Morgan fingerprint density at radius 3 is 2.56 bits per heavy atom. The fourth-order valence-electron chi connectivity index (χ4n) is 1.90. The SMILES string of the molecule is CN1CCN(C(=O)/C=C\c2ccccc2Br)CC1. The molecule has 0 radical (unpaired) electrons. The molecule has 0 spiro atoms. The second-order valence-corrected chi connectivity index (χ2v) is 5.34. The lowest BCUT2D eigenvalue weighted by Crippen LogP contribution is -2.46. The van der Waals surface area contributed by atoms with E-state index in [1.54, 1.807) is 6.08 Å². The Labute approximate surface area is 116 Å². The van der Waals surface area contributed by atoms with Crippen molar-refractivity contribution < 1.29 is 4.79 Å². The van der Waals surface area contributed by atoms with E-state index in [1.807, 2.05) is 35.2 Å². The summed E-state index contributed by atoms with van der Waals surface area (Å²) in [7, 11) is 2.08. The van der Waals surface area contributed by atoms with Crippen molar-refractivity contribution in [3.05, 3.63) is 40.4 Å². The Bertz CT molecular complexity index is 451. The van der Waals surface area contributed by atoms with Crippen molar-refractivity contribution in [1.82, 2.24) is 9.80 Å². The third-order valence-electron chi connectivity index (χ3n) is 3.13. The number of benzene rings is 1. The number of hydrogen-bond donors (Lipinski definition) is 0. The van der Waals surface area contributed by atoms with Gasteiger partial charge in [-0.1, -0.05) is 34.1 Å². The van der Waals surface area contributed by atoms with Gasteiger partial charge in [-0.05, 0) is 24.8 Å². The Kier molecular flexibility index (Phi) is 4.55. The molecule has 0 aromatic heterocycles. The van der Waals surface area contributed by atoms with Crippen LogP contribution in [0, 0.1) is 0 Å². The number of hydrogen-bond acceptors (Lipinski definition) is 2. The van der Waals surface area contributed by atoms with Gasteiger partial charge in [0.15, 0.2) is 0 Å². The first kappa shape index (κ1) is 13.3. The van der Waals surface area contributed by atoms with Gasteiger partial charge in [0.1, 0.15) is 0 Å². The van der Waals surface area contributed by atoms with Gasteiger partial charge in [0.25, 0.3) is 0 Å². The van der Waals surface area contributed by atoms with Gasteiger partial charge in [0.2, 0.25) is 5.91 Å². The molecule has 1 saturated heterocycles. The van der Waals surface area contributed by atoms with E-state index in [4.69, 9.17) is 0 Å². The Morgan fingerprint density at radius 2 is 1.89 bits per heavy atom. The smallest absolute Gasteiger partial charge is 0.246 e. The zero-order valence-electron chi connectivity index (χ0n) is 10.5. The molecule has 2 rings (SSSR count). The lowest BCUT2D eigenvalue weighted by atomic mass is 10.2. The van der Waals surface area contributed by atoms with Gasteiger partial charge >= 0.3 is 0 Å². The van der Waals surface area contributed by atoms with Crippen LogP contribution in [-0.4, -0.2) is 48.9 Å². The number of piperazine rings is 1. The fourth-order valence-corrected chi connectivity index (χ4v) is 2.32. The number of carbonyl (C=O) groups excluding carboxylic acids is 1. The molecule has 1 amide bonds. The summed E-state index contributed by atoms with van der Waals surface area (Å²) in [5, 5.41) is 0. The molecule has 96 valence electrons. The molecule has 0 aliphatic carbocycles. The molecular formula is C14H17BrN2O. The quantitative estimate of drug-likeness (QED) is 0.782. The van der Waals surface area contributed by atoms with Crippen LogP contribution < -0.4 is 0 Å². The van der Waals surface area contributed by atoms with E-state index >= 15 is 0 Å². The number of nitrogens with zero attached hydrogens (tertiary/aromatic N) is 2. The summed E-state index contributed by atoms with van der Waals surface area (Å²) in [6.07, 6.45) is 3.52. The van der Waals surface area contributed by atoms with Crippen molar-refractivity contribution in [2.45, 2.75) is 0 Å². The Balaban J connectivity index is 1.97. The monoisotopic (exact) mass is 308 g/mol. The Morgan fingerprint density at radius 1 is 1.22 bits per heavy atom. The maximum atomic E-state index is 12.0. The fraction of sp³-hybridized carbons (Fsp3) is 0.357. The summed E-state index contributed by atoms with van der Waals surface area (Å²) in [6.45, 7) is 3.54. The summed E-state index contributed by atoms with van der Waals surface area (Å²) in [6, 6.07) is 7.88. The molecule has 1 aromatic carbocycles. The minimum atomic E-state index is 0.0962. The van der Waals surface area contributed by atoms with Gasteiger partial charge in [0, 0.05) is 36.7 Å². The zero-order valence-corrected chi connectivity index (χ0v) is 12.1. The summed E-state index contributed by atoms with van der Waals surface area (Å²) in [4.78, 5) is 16.1. The van der Waals surface area contributed by atoms with Crippen molar-refractivity contribution in [2.24, 2.45) is 0 Å². The molecule has 0 atom stereocenters. The maximum Gasteiger partial charge on any atom is 0.246 e.